The SMILES string of the molecule is c1ccc(N(c2ccc3c4c(c5ccccc5c3c2)-c2c(cc(N(c3ccccc3)c3cccc5c3oc3ccccc35)c3ccccc23)C4(c2ccccc2)c2ccccc2)c2cccc3c2oc2ccccc23)cc1. The van der Waals surface area contributed by atoms with Gasteiger partial charge >= 0.3 is 0 Å². The third kappa shape index (κ3) is 6.27. The molecule has 0 bridgehead atoms. The summed E-state index contributed by atoms with van der Waals surface area (Å²) in [6.07, 6.45) is 0. The molecule has 0 unspecified atom stereocenters. The van der Waals surface area contributed by atoms with Gasteiger partial charge in [0.1, 0.15) is 11.2 Å². The lowest BCUT2D eigenvalue weighted by Gasteiger charge is -2.36. The summed E-state index contributed by atoms with van der Waals surface area (Å²) < 4.78 is 13.7. The van der Waals surface area contributed by atoms with Gasteiger partial charge in [0.15, 0.2) is 11.2 Å². The minimum absolute atomic E-state index is 0.789. The molecule has 13 aromatic carbocycles. The summed E-state index contributed by atoms with van der Waals surface area (Å²) in [5.41, 5.74) is 16.1. The third-order valence-electron chi connectivity index (χ3n) is 16.3. The molecule has 360 valence electrons. The van der Waals surface area contributed by atoms with Crippen molar-refractivity contribution in [3.63, 3.8) is 0 Å². The van der Waals surface area contributed by atoms with Crippen LogP contribution in [0.25, 0.3) is 87.3 Å². The Balaban J connectivity index is 1.04. The molecule has 2 heterocycles. The predicted octanol–water partition coefficient (Wildman–Crippen LogP) is 20.2. The van der Waals surface area contributed by atoms with Gasteiger partial charge in [-0.25, -0.2) is 0 Å². The van der Waals surface area contributed by atoms with Gasteiger partial charge < -0.3 is 18.6 Å². The van der Waals surface area contributed by atoms with Gasteiger partial charge in [0.05, 0.1) is 22.5 Å². The molecule has 0 spiro atoms. The Morgan fingerprint density at radius 2 is 0.701 bits per heavy atom. The number of benzene rings is 13. The van der Waals surface area contributed by atoms with Crippen LogP contribution in [0, 0.1) is 0 Å². The van der Waals surface area contributed by atoms with Crippen LogP contribution >= 0.6 is 0 Å². The van der Waals surface area contributed by atoms with Crippen molar-refractivity contribution >= 4 is 110 Å². The zero-order valence-electron chi connectivity index (χ0n) is 41.8. The van der Waals surface area contributed by atoms with E-state index in [-0.39, 0.29) is 0 Å². The third-order valence-corrected chi connectivity index (χ3v) is 16.3. The summed E-state index contributed by atoms with van der Waals surface area (Å²) in [7, 11) is 0. The van der Waals surface area contributed by atoms with Gasteiger partial charge in [-0.2, -0.15) is 0 Å². The topological polar surface area (TPSA) is 32.8 Å². The van der Waals surface area contributed by atoms with Crippen LogP contribution in [0.3, 0.4) is 0 Å². The van der Waals surface area contributed by atoms with E-state index >= 15 is 0 Å². The van der Waals surface area contributed by atoms with E-state index < -0.39 is 5.41 Å². The molecule has 4 heteroatoms. The van der Waals surface area contributed by atoms with Crippen LogP contribution in [0.1, 0.15) is 22.3 Å². The highest BCUT2D eigenvalue weighted by Crippen LogP contribution is 2.63. The van der Waals surface area contributed by atoms with Crippen molar-refractivity contribution in [3.8, 4) is 11.1 Å². The number of rotatable bonds is 8. The van der Waals surface area contributed by atoms with Crippen LogP contribution in [0.2, 0.25) is 0 Å². The summed E-state index contributed by atoms with van der Waals surface area (Å²) in [4.78, 5) is 4.79. The number of hydrogen-bond donors (Lipinski definition) is 0. The Kier molecular flexibility index (Phi) is 9.52. The van der Waals surface area contributed by atoms with E-state index in [1.54, 1.807) is 0 Å². The maximum Gasteiger partial charge on any atom is 0.159 e. The molecule has 15 aromatic rings. The Bertz CT molecular complexity index is 4770. The summed E-state index contributed by atoms with van der Waals surface area (Å²) >= 11 is 0. The highest BCUT2D eigenvalue weighted by atomic mass is 16.3. The van der Waals surface area contributed by atoms with Crippen molar-refractivity contribution in [2.75, 3.05) is 9.80 Å². The van der Waals surface area contributed by atoms with E-state index in [2.05, 4.69) is 277 Å². The highest BCUT2D eigenvalue weighted by molar-refractivity contribution is 6.24. The van der Waals surface area contributed by atoms with Crippen molar-refractivity contribution < 1.29 is 8.83 Å². The second kappa shape index (κ2) is 16.9. The van der Waals surface area contributed by atoms with Crippen LogP contribution in [-0.2, 0) is 5.41 Å². The van der Waals surface area contributed by atoms with Crippen LogP contribution < -0.4 is 9.80 Å². The Labute approximate surface area is 444 Å². The first kappa shape index (κ1) is 43.3. The van der Waals surface area contributed by atoms with Gasteiger partial charge in [-0.3, -0.25) is 0 Å². The fourth-order valence-corrected chi connectivity index (χ4v) is 13.2. The molecule has 0 fully saturated rings. The molecule has 77 heavy (non-hydrogen) atoms. The minimum atomic E-state index is -0.789. The lowest BCUT2D eigenvalue weighted by atomic mass is 9.66. The molecular formula is C73H46N2O2. The smallest absolute Gasteiger partial charge is 0.159 e. The molecule has 1 aliphatic rings. The van der Waals surface area contributed by atoms with Crippen molar-refractivity contribution in [3.05, 3.63) is 301 Å². The number of furan rings is 2. The maximum absolute atomic E-state index is 6.91. The maximum atomic E-state index is 6.91. The van der Waals surface area contributed by atoms with E-state index in [1.807, 2.05) is 12.1 Å². The van der Waals surface area contributed by atoms with E-state index in [4.69, 9.17) is 8.83 Å². The molecule has 0 aliphatic heterocycles. The molecule has 0 saturated carbocycles. The molecule has 16 rings (SSSR count). The average molecular weight is 983 g/mol. The van der Waals surface area contributed by atoms with Crippen molar-refractivity contribution in [1.29, 1.82) is 0 Å². The van der Waals surface area contributed by atoms with Crippen LogP contribution in [0.5, 0.6) is 0 Å². The van der Waals surface area contributed by atoms with Crippen LogP contribution in [-0.4, -0.2) is 0 Å². The first-order valence-electron chi connectivity index (χ1n) is 26.4. The fourth-order valence-electron chi connectivity index (χ4n) is 13.2. The first-order chi connectivity index (χ1) is 38.2. The number of hydrogen-bond acceptors (Lipinski definition) is 4. The van der Waals surface area contributed by atoms with Gasteiger partial charge in [-0.05, 0) is 127 Å². The molecule has 2 aromatic heterocycles. The summed E-state index contributed by atoms with van der Waals surface area (Å²) in [6, 6.07) is 101. The molecule has 0 radical (unpaired) electrons. The minimum Gasteiger partial charge on any atom is -0.454 e. The number of fused-ring (bicyclic) bond motifs is 16. The molecule has 1 aliphatic carbocycles. The van der Waals surface area contributed by atoms with Crippen molar-refractivity contribution in [2.24, 2.45) is 0 Å². The van der Waals surface area contributed by atoms with E-state index in [0.717, 1.165) is 83.4 Å². The molecule has 0 N–H and O–H groups in total. The summed E-state index contributed by atoms with van der Waals surface area (Å²) in [6.45, 7) is 0. The fraction of sp³-hybridized carbons (Fsp3) is 0.0137. The van der Waals surface area contributed by atoms with Gasteiger partial charge in [-0.1, -0.05) is 212 Å². The Hall–Kier alpha value is -10.2. The monoisotopic (exact) mass is 982 g/mol. The van der Waals surface area contributed by atoms with Gasteiger partial charge in [-0.15, -0.1) is 0 Å². The molecule has 0 amide bonds. The van der Waals surface area contributed by atoms with E-state index in [0.29, 0.717) is 0 Å². The lowest BCUT2D eigenvalue weighted by molar-refractivity contribution is 0.668. The average Bonchev–Trinajstić information content (AvgIpc) is 4.20. The van der Waals surface area contributed by atoms with Crippen molar-refractivity contribution in [1.82, 2.24) is 0 Å². The zero-order chi connectivity index (χ0) is 50.6. The lowest BCUT2D eigenvalue weighted by Crippen LogP contribution is -2.29. The molecule has 0 atom stereocenters. The summed E-state index contributed by atoms with van der Waals surface area (Å²) in [5.74, 6) is 0. The highest BCUT2D eigenvalue weighted by Gasteiger charge is 2.49. The van der Waals surface area contributed by atoms with Crippen LogP contribution in [0.15, 0.2) is 288 Å². The Morgan fingerprint density at radius 1 is 0.260 bits per heavy atom. The Morgan fingerprint density at radius 3 is 1.27 bits per heavy atom. The normalized spacial score (nSPS) is 12.8. The molecular weight excluding hydrogens is 937 g/mol. The first-order valence-corrected chi connectivity index (χ1v) is 26.4. The van der Waals surface area contributed by atoms with Gasteiger partial charge in [0, 0.05) is 44.0 Å². The number of anilines is 6. The van der Waals surface area contributed by atoms with E-state index in [1.165, 1.54) is 60.3 Å². The molecule has 0 saturated heterocycles. The predicted molar refractivity (Wildman–Crippen MR) is 320 cm³/mol. The second-order valence-electron chi connectivity index (χ2n) is 20.2. The standard InChI is InChI=1S/C73H46N2O2/c1-5-23-47(24-6-1)73(48-25-7-2-8-26-48)62-46-65(75(50-29-11-4-12-30-50)64-40-22-38-60-55-34-18-20-42-67(55)77-72(60)64)53-32-14-16-36-57(53)68(62)69-56-35-15-13-31-52(56)61-45-51(43-44-58(61)70(69)73)74(49-27-9-3-10-28-49)63-39-21-37-59-54-33-17-19-41-66(54)76-71(59)63/h1-46H. The van der Waals surface area contributed by atoms with Gasteiger partial charge in [0.25, 0.3) is 0 Å². The van der Waals surface area contributed by atoms with Crippen LogP contribution in [0.4, 0.5) is 34.1 Å². The number of para-hydroxylation sites is 6. The largest absolute Gasteiger partial charge is 0.454 e. The molecule has 4 nitrogen and oxygen atoms in total. The van der Waals surface area contributed by atoms with Gasteiger partial charge in [0.2, 0.25) is 0 Å². The van der Waals surface area contributed by atoms with E-state index in [9.17, 15) is 0 Å². The second-order valence-corrected chi connectivity index (χ2v) is 20.2. The zero-order valence-corrected chi connectivity index (χ0v) is 41.8. The quantitative estimate of drug-likeness (QED) is 0.142. The van der Waals surface area contributed by atoms with Crippen molar-refractivity contribution in [2.45, 2.75) is 5.41 Å². The number of nitrogens with zero attached hydrogens (tertiary/aromatic N) is 2. The summed E-state index contributed by atoms with van der Waals surface area (Å²) in [5, 5.41) is 11.5.